The number of hydrogen-bond donors (Lipinski definition) is 0. The first-order chi connectivity index (χ1) is 6.71. The van der Waals surface area contributed by atoms with Gasteiger partial charge in [-0.3, -0.25) is 4.79 Å². The van der Waals surface area contributed by atoms with Crippen LogP contribution in [0.4, 0.5) is 0 Å². The number of ether oxygens (including phenoxy) is 1. The summed E-state index contributed by atoms with van der Waals surface area (Å²) in [4.78, 5) is 11.6. The van der Waals surface area contributed by atoms with Crippen LogP contribution >= 0.6 is 15.9 Å². The van der Waals surface area contributed by atoms with Gasteiger partial charge < -0.3 is 4.74 Å². The summed E-state index contributed by atoms with van der Waals surface area (Å²) < 4.78 is 4.55. The number of carbonyl (C=O) groups is 1. The number of methoxy groups -OCH3 is 1. The number of alkyl halides is 1. The fourth-order valence-electron chi connectivity index (χ4n) is 2.86. The van der Waals surface area contributed by atoms with Gasteiger partial charge in [0.05, 0.1) is 7.11 Å². The monoisotopic (exact) mass is 260 g/mol. The van der Waals surface area contributed by atoms with Crippen molar-refractivity contribution < 1.29 is 9.53 Å². The van der Waals surface area contributed by atoms with Crippen molar-refractivity contribution in [1.82, 2.24) is 0 Å². The molecular weight excluding hydrogens is 244 g/mol. The molecule has 2 fully saturated rings. The van der Waals surface area contributed by atoms with Crippen LogP contribution < -0.4 is 0 Å². The van der Waals surface area contributed by atoms with Gasteiger partial charge in [-0.15, -0.1) is 0 Å². The molecule has 0 heterocycles. The molecule has 2 atom stereocenters. The molecule has 0 amide bonds. The summed E-state index contributed by atoms with van der Waals surface area (Å²) in [6, 6.07) is 0. The van der Waals surface area contributed by atoms with E-state index in [-0.39, 0.29) is 10.3 Å². The molecule has 0 aliphatic heterocycles. The second-order valence-corrected chi connectivity index (χ2v) is 5.78. The van der Waals surface area contributed by atoms with Crippen LogP contribution in [0, 0.1) is 11.8 Å². The lowest BCUT2D eigenvalue weighted by molar-refractivity contribution is -0.141. The highest BCUT2D eigenvalue weighted by molar-refractivity contribution is 9.10. The van der Waals surface area contributed by atoms with Gasteiger partial charge in [0.15, 0.2) is 0 Å². The van der Waals surface area contributed by atoms with Crippen LogP contribution in [0.25, 0.3) is 0 Å². The molecule has 14 heavy (non-hydrogen) atoms. The Hall–Kier alpha value is -0.0500. The van der Waals surface area contributed by atoms with Gasteiger partial charge in [0.25, 0.3) is 0 Å². The molecule has 2 aliphatic rings. The predicted molar refractivity (Wildman–Crippen MR) is 58.4 cm³/mol. The predicted octanol–water partition coefficient (Wildman–Crippen LogP) is 2.89. The van der Waals surface area contributed by atoms with Crippen LogP contribution in [-0.4, -0.2) is 17.4 Å². The molecule has 0 N–H and O–H groups in total. The van der Waals surface area contributed by atoms with E-state index < -0.39 is 0 Å². The number of esters is 1. The maximum Gasteiger partial charge on any atom is 0.323 e. The van der Waals surface area contributed by atoms with E-state index in [9.17, 15) is 4.79 Å². The molecule has 0 aromatic heterocycles. The summed E-state index contributed by atoms with van der Waals surface area (Å²) in [5.74, 6) is 1.01. The molecule has 3 heteroatoms. The average molecular weight is 261 g/mol. The lowest BCUT2D eigenvalue weighted by atomic mass is 10.0. The Morgan fingerprint density at radius 3 is 2.14 bits per heavy atom. The first-order valence-electron chi connectivity index (χ1n) is 5.48. The van der Waals surface area contributed by atoms with Crippen molar-refractivity contribution in [2.75, 3.05) is 7.11 Å². The number of carbonyl (C=O) groups excluding carboxylic acids is 1. The Morgan fingerprint density at radius 1 is 1.21 bits per heavy atom. The molecule has 80 valence electrons. The van der Waals surface area contributed by atoms with Gasteiger partial charge in [-0.2, -0.15) is 0 Å². The number of halogens is 1. The van der Waals surface area contributed by atoms with E-state index in [1.807, 2.05) is 0 Å². The fourth-order valence-corrected chi connectivity index (χ4v) is 3.99. The second-order valence-electron chi connectivity index (χ2n) is 4.46. The Morgan fingerprint density at radius 2 is 1.71 bits per heavy atom. The van der Waals surface area contributed by atoms with Gasteiger partial charge >= 0.3 is 5.97 Å². The van der Waals surface area contributed by atoms with E-state index >= 15 is 0 Å². The largest absolute Gasteiger partial charge is 0.468 e. The van der Waals surface area contributed by atoms with Crippen LogP contribution in [0.2, 0.25) is 0 Å². The molecule has 2 unspecified atom stereocenters. The highest BCUT2D eigenvalue weighted by Crippen LogP contribution is 2.62. The van der Waals surface area contributed by atoms with E-state index in [1.165, 1.54) is 45.6 Å². The Labute approximate surface area is 93.5 Å². The molecule has 0 saturated heterocycles. The van der Waals surface area contributed by atoms with Gasteiger partial charge in [0, 0.05) is 0 Å². The molecule has 0 aromatic carbocycles. The molecule has 0 spiro atoms. The zero-order valence-corrected chi connectivity index (χ0v) is 10.2. The van der Waals surface area contributed by atoms with Gasteiger partial charge in [0.1, 0.15) is 4.32 Å². The third kappa shape index (κ3) is 1.50. The molecule has 2 saturated carbocycles. The normalized spacial score (nSPS) is 41.9. The van der Waals surface area contributed by atoms with Gasteiger partial charge in [-0.25, -0.2) is 0 Å². The highest BCUT2D eigenvalue weighted by atomic mass is 79.9. The number of rotatable bonds is 1. The minimum Gasteiger partial charge on any atom is -0.468 e. The summed E-state index contributed by atoms with van der Waals surface area (Å²) in [5.41, 5.74) is 0. The van der Waals surface area contributed by atoms with E-state index in [0.717, 1.165) is 0 Å². The van der Waals surface area contributed by atoms with Gasteiger partial charge in [-0.1, -0.05) is 41.6 Å². The molecule has 2 aliphatic carbocycles. The van der Waals surface area contributed by atoms with Crippen molar-refractivity contribution in [2.45, 2.75) is 42.8 Å². The first kappa shape index (κ1) is 10.5. The fraction of sp³-hybridized carbons (Fsp3) is 0.909. The van der Waals surface area contributed by atoms with Crippen molar-refractivity contribution in [3.05, 3.63) is 0 Å². The first-order valence-corrected chi connectivity index (χ1v) is 6.28. The lowest BCUT2D eigenvalue weighted by Crippen LogP contribution is -2.21. The van der Waals surface area contributed by atoms with E-state index in [1.54, 1.807) is 0 Å². The summed E-state index contributed by atoms with van der Waals surface area (Å²) in [6.07, 6.45) is 7.56. The van der Waals surface area contributed by atoms with Crippen molar-refractivity contribution in [2.24, 2.45) is 11.8 Å². The SMILES string of the molecule is COC(=O)C1(Br)C2CCCCCCC21. The molecule has 0 aromatic rings. The Bertz CT molecular complexity index is 225. The van der Waals surface area contributed by atoms with Crippen LogP contribution in [0.1, 0.15) is 38.5 Å². The number of fused-ring (bicyclic) bond motifs is 1. The Kier molecular flexibility index (Phi) is 2.87. The smallest absolute Gasteiger partial charge is 0.323 e. The van der Waals surface area contributed by atoms with Gasteiger partial charge in [-0.05, 0) is 24.7 Å². The van der Waals surface area contributed by atoms with Gasteiger partial charge in [0.2, 0.25) is 0 Å². The van der Waals surface area contributed by atoms with Crippen molar-refractivity contribution in [3.63, 3.8) is 0 Å². The summed E-state index contributed by atoms with van der Waals surface area (Å²) in [5, 5.41) is 0. The van der Waals surface area contributed by atoms with E-state index in [4.69, 9.17) is 4.74 Å². The van der Waals surface area contributed by atoms with E-state index in [0.29, 0.717) is 11.8 Å². The zero-order valence-electron chi connectivity index (χ0n) is 8.59. The Balaban J connectivity index is 2.05. The average Bonchev–Trinajstić information content (AvgIpc) is 2.68. The molecule has 2 nitrogen and oxygen atoms in total. The van der Waals surface area contributed by atoms with Crippen molar-refractivity contribution in [3.8, 4) is 0 Å². The van der Waals surface area contributed by atoms with Crippen LogP contribution in [-0.2, 0) is 9.53 Å². The summed E-state index contributed by atoms with van der Waals surface area (Å²) in [6.45, 7) is 0. The molecular formula is C11H17BrO2. The quantitative estimate of drug-likeness (QED) is 0.536. The van der Waals surface area contributed by atoms with Crippen molar-refractivity contribution >= 4 is 21.9 Å². The maximum absolute atomic E-state index is 11.6. The van der Waals surface area contributed by atoms with E-state index in [2.05, 4.69) is 15.9 Å². The number of hydrogen-bond acceptors (Lipinski definition) is 2. The third-order valence-electron chi connectivity index (χ3n) is 3.73. The molecule has 0 radical (unpaired) electrons. The van der Waals surface area contributed by atoms with Crippen LogP contribution in [0.5, 0.6) is 0 Å². The minimum absolute atomic E-state index is 0.0607. The minimum atomic E-state index is -0.313. The zero-order chi connectivity index (χ0) is 10.2. The second kappa shape index (κ2) is 3.84. The van der Waals surface area contributed by atoms with Crippen LogP contribution in [0.3, 0.4) is 0 Å². The maximum atomic E-state index is 11.6. The standard InChI is InChI=1S/C11H17BrO2/c1-14-10(13)11(12)8-6-4-2-3-5-7-9(8)11/h8-9H,2-7H2,1H3. The summed E-state index contributed by atoms with van der Waals surface area (Å²) in [7, 11) is 1.48. The highest BCUT2D eigenvalue weighted by Gasteiger charge is 2.67. The molecule has 0 bridgehead atoms. The summed E-state index contributed by atoms with van der Waals surface area (Å²) >= 11 is 3.60. The van der Waals surface area contributed by atoms with Crippen molar-refractivity contribution in [1.29, 1.82) is 0 Å². The van der Waals surface area contributed by atoms with Crippen LogP contribution in [0.15, 0.2) is 0 Å². The lowest BCUT2D eigenvalue weighted by Gasteiger charge is -2.06. The molecule has 2 rings (SSSR count). The third-order valence-corrected chi connectivity index (χ3v) is 5.23. The topological polar surface area (TPSA) is 26.3 Å².